The van der Waals surface area contributed by atoms with Crippen molar-refractivity contribution in [1.29, 1.82) is 0 Å². The normalized spacial score (nSPS) is 14.1. The highest BCUT2D eigenvalue weighted by molar-refractivity contribution is 7.18. The van der Waals surface area contributed by atoms with Gasteiger partial charge in [0.2, 0.25) is 11.8 Å². The van der Waals surface area contributed by atoms with Crippen molar-refractivity contribution in [2.45, 2.75) is 25.7 Å². The molecular weight excluding hydrogens is 410 g/mol. The third kappa shape index (κ3) is 5.41. The Morgan fingerprint density at radius 1 is 0.903 bits per heavy atom. The van der Waals surface area contributed by atoms with Gasteiger partial charge in [0.25, 0.3) is 0 Å². The van der Waals surface area contributed by atoms with Crippen molar-refractivity contribution in [3.63, 3.8) is 0 Å². The lowest BCUT2D eigenvalue weighted by atomic mass is 10.1. The first kappa shape index (κ1) is 21.3. The number of ether oxygens (including phenoxy) is 1. The number of para-hydroxylation sites is 1. The standard InChI is InChI=1S/C24H27N3O3S/c1-30-19-9-6-18(7-10-19)8-12-23(28)26-14-16-27(17-15-26)24(29)13-11-22-25-20-4-2-3-5-21(20)31-22/h2-7,9-10H,8,11-17H2,1H3. The van der Waals surface area contributed by atoms with E-state index in [9.17, 15) is 9.59 Å². The van der Waals surface area contributed by atoms with Crippen molar-refractivity contribution in [3.8, 4) is 5.75 Å². The number of thiazole rings is 1. The molecule has 0 N–H and O–H groups in total. The van der Waals surface area contributed by atoms with E-state index in [1.54, 1.807) is 18.4 Å². The molecule has 1 aromatic heterocycles. The molecule has 7 heteroatoms. The van der Waals surface area contributed by atoms with E-state index in [0.717, 1.165) is 26.5 Å². The maximum absolute atomic E-state index is 12.6. The predicted molar refractivity (Wildman–Crippen MR) is 122 cm³/mol. The molecule has 0 bridgehead atoms. The minimum absolute atomic E-state index is 0.143. The third-order valence-electron chi connectivity index (χ3n) is 5.66. The zero-order chi connectivity index (χ0) is 21.6. The summed E-state index contributed by atoms with van der Waals surface area (Å²) < 4.78 is 6.32. The Hall–Kier alpha value is -2.93. The second kappa shape index (κ2) is 9.92. The maximum atomic E-state index is 12.6. The average Bonchev–Trinajstić information content (AvgIpc) is 3.24. The highest BCUT2D eigenvalue weighted by atomic mass is 32.1. The number of carbonyl (C=O) groups is 2. The number of hydrogen-bond donors (Lipinski definition) is 0. The quantitative estimate of drug-likeness (QED) is 0.567. The number of fused-ring (bicyclic) bond motifs is 1. The maximum Gasteiger partial charge on any atom is 0.223 e. The van der Waals surface area contributed by atoms with Gasteiger partial charge in [-0.25, -0.2) is 4.98 Å². The van der Waals surface area contributed by atoms with Gasteiger partial charge in [0.15, 0.2) is 0 Å². The highest BCUT2D eigenvalue weighted by Crippen LogP contribution is 2.22. The average molecular weight is 438 g/mol. The monoisotopic (exact) mass is 437 g/mol. The number of aromatic nitrogens is 1. The fourth-order valence-corrected chi connectivity index (χ4v) is 4.77. The lowest BCUT2D eigenvalue weighted by Gasteiger charge is -2.35. The molecule has 0 atom stereocenters. The molecule has 6 nitrogen and oxygen atoms in total. The molecule has 0 aliphatic carbocycles. The molecule has 3 aromatic rings. The van der Waals surface area contributed by atoms with Crippen molar-refractivity contribution in [3.05, 3.63) is 59.1 Å². The van der Waals surface area contributed by atoms with E-state index in [-0.39, 0.29) is 11.8 Å². The number of nitrogens with zero attached hydrogens (tertiary/aromatic N) is 3. The van der Waals surface area contributed by atoms with Gasteiger partial charge in [-0.1, -0.05) is 24.3 Å². The molecule has 0 spiro atoms. The number of piperazine rings is 1. The second-order valence-electron chi connectivity index (χ2n) is 7.68. The van der Waals surface area contributed by atoms with Crippen LogP contribution in [-0.2, 0) is 22.4 Å². The van der Waals surface area contributed by atoms with Crippen LogP contribution in [0, 0.1) is 0 Å². The molecule has 1 aliphatic rings. The van der Waals surface area contributed by atoms with Crippen molar-refractivity contribution < 1.29 is 14.3 Å². The number of aryl methyl sites for hydroxylation is 2. The van der Waals surface area contributed by atoms with Crippen molar-refractivity contribution in [2.24, 2.45) is 0 Å². The van der Waals surface area contributed by atoms with Gasteiger partial charge < -0.3 is 14.5 Å². The van der Waals surface area contributed by atoms with Gasteiger partial charge in [-0.05, 0) is 36.2 Å². The summed E-state index contributed by atoms with van der Waals surface area (Å²) in [5, 5.41) is 1.00. The van der Waals surface area contributed by atoms with Crippen LogP contribution in [0.2, 0.25) is 0 Å². The van der Waals surface area contributed by atoms with Crippen LogP contribution < -0.4 is 4.74 Å². The largest absolute Gasteiger partial charge is 0.497 e. The molecule has 0 unspecified atom stereocenters. The Bertz CT molecular complexity index is 1010. The summed E-state index contributed by atoms with van der Waals surface area (Å²) in [5.74, 6) is 1.11. The van der Waals surface area contributed by atoms with Crippen LogP contribution in [0.4, 0.5) is 0 Å². The molecule has 4 rings (SSSR count). The Morgan fingerprint density at radius 3 is 2.13 bits per heavy atom. The van der Waals surface area contributed by atoms with Crippen LogP contribution in [0.25, 0.3) is 10.2 Å². The van der Waals surface area contributed by atoms with E-state index in [0.29, 0.717) is 51.9 Å². The summed E-state index contributed by atoms with van der Waals surface area (Å²) in [6, 6.07) is 15.9. The van der Waals surface area contributed by atoms with Crippen LogP contribution in [0.1, 0.15) is 23.4 Å². The first-order valence-corrected chi connectivity index (χ1v) is 11.5. The molecule has 0 saturated carbocycles. The topological polar surface area (TPSA) is 62.7 Å². The number of rotatable bonds is 7. The zero-order valence-corrected chi connectivity index (χ0v) is 18.6. The number of amides is 2. The molecule has 0 radical (unpaired) electrons. The fourth-order valence-electron chi connectivity index (χ4n) is 3.81. The summed E-state index contributed by atoms with van der Waals surface area (Å²) in [6.45, 7) is 2.42. The Balaban J connectivity index is 1.20. The van der Waals surface area contributed by atoms with Crippen molar-refractivity contribution in [1.82, 2.24) is 14.8 Å². The first-order valence-electron chi connectivity index (χ1n) is 10.7. The Labute approximate surface area is 186 Å². The summed E-state index contributed by atoms with van der Waals surface area (Å²) in [4.78, 5) is 33.5. The van der Waals surface area contributed by atoms with Crippen LogP contribution in [0.15, 0.2) is 48.5 Å². The molecule has 2 aromatic carbocycles. The van der Waals surface area contributed by atoms with Crippen molar-refractivity contribution in [2.75, 3.05) is 33.3 Å². The lowest BCUT2D eigenvalue weighted by Crippen LogP contribution is -2.50. The minimum Gasteiger partial charge on any atom is -0.497 e. The van der Waals surface area contributed by atoms with E-state index >= 15 is 0 Å². The lowest BCUT2D eigenvalue weighted by molar-refractivity contribution is -0.139. The third-order valence-corrected chi connectivity index (χ3v) is 6.76. The zero-order valence-electron chi connectivity index (χ0n) is 17.8. The second-order valence-corrected chi connectivity index (χ2v) is 8.80. The number of methoxy groups -OCH3 is 1. The van der Waals surface area contributed by atoms with Gasteiger partial charge in [0.1, 0.15) is 5.75 Å². The number of benzene rings is 2. The first-order chi connectivity index (χ1) is 15.1. The van der Waals surface area contributed by atoms with Gasteiger partial charge >= 0.3 is 0 Å². The van der Waals surface area contributed by atoms with Crippen molar-refractivity contribution >= 4 is 33.4 Å². The molecule has 31 heavy (non-hydrogen) atoms. The molecular formula is C24H27N3O3S. The van der Waals surface area contributed by atoms with Gasteiger partial charge in [0, 0.05) is 45.4 Å². The highest BCUT2D eigenvalue weighted by Gasteiger charge is 2.24. The molecule has 2 heterocycles. The number of hydrogen-bond acceptors (Lipinski definition) is 5. The van der Waals surface area contributed by atoms with E-state index in [4.69, 9.17) is 4.74 Å². The SMILES string of the molecule is COc1ccc(CCC(=O)N2CCN(C(=O)CCc3nc4ccccc4s3)CC2)cc1. The number of carbonyl (C=O) groups excluding carboxylic acids is 2. The van der Waals surface area contributed by atoms with E-state index < -0.39 is 0 Å². The van der Waals surface area contributed by atoms with Gasteiger partial charge in [-0.15, -0.1) is 11.3 Å². The fraction of sp³-hybridized carbons (Fsp3) is 0.375. The van der Waals surface area contributed by atoms with Crippen LogP contribution in [-0.4, -0.2) is 59.9 Å². The van der Waals surface area contributed by atoms with Crippen LogP contribution in [0.3, 0.4) is 0 Å². The van der Waals surface area contributed by atoms with E-state index in [1.165, 1.54) is 0 Å². The van der Waals surface area contributed by atoms with E-state index in [1.807, 2.05) is 52.3 Å². The smallest absolute Gasteiger partial charge is 0.223 e. The van der Waals surface area contributed by atoms with Gasteiger partial charge in [0.05, 0.1) is 22.3 Å². The summed E-state index contributed by atoms with van der Waals surface area (Å²) in [5.41, 5.74) is 2.12. The Morgan fingerprint density at radius 2 is 1.52 bits per heavy atom. The van der Waals surface area contributed by atoms with Gasteiger partial charge in [-0.2, -0.15) is 0 Å². The molecule has 1 saturated heterocycles. The van der Waals surface area contributed by atoms with Crippen LogP contribution >= 0.6 is 11.3 Å². The van der Waals surface area contributed by atoms with Gasteiger partial charge in [-0.3, -0.25) is 9.59 Å². The molecule has 2 amide bonds. The molecule has 1 fully saturated rings. The molecule has 1 aliphatic heterocycles. The van der Waals surface area contributed by atoms with E-state index in [2.05, 4.69) is 11.1 Å². The Kier molecular flexibility index (Phi) is 6.82. The summed E-state index contributed by atoms with van der Waals surface area (Å²) in [7, 11) is 1.64. The molecule has 162 valence electrons. The summed E-state index contributed by atoms with van der Waals surface area (Å²) >= 11 is 1.65. The summed E-state index contributed by atoms with van der Waals surface area (Å²) in [6.07, 6.45) is 2.33. The van der Waals surface area contributed by atoms with Crippen LogP contribution in [0.5, 0.6) is 5.75 Å². The minimum atomic E-state index is 0.143. The predicted octanol–water partition coefficient (Wildman–Crippen LogP) is 3.54.